The molecule has 1 atom stereocenters. The molecule has 5 nitrogen and oxygen atoms in total. The number of aryl methyl sites for hydroxylation is 1. The molecule has 0 saturated heterocycles. The average molecular weight is 505 g/mol. The smallest absolute Gasteiger partial charge is 0.232 e. The lowest BCUT2D eigenvalue weighted by atomic mass is 9.95. The lowest BCUT2D eigenvalue weighted by molar-refractivity contribution is -0.121. The first-order chi connectivity index (χ1) is 15.7. The molecule has 0 radical (unpaired) electrons. The van der Waals surface area contributed by atoms with Gasteiger partial charge >= 0.3 is 0 Å². The van der Waals surface area contributed by atoms with E-state index in [4.69, 9.17) is 23.2 Å². The van der Waals surface area contributed by atoms with Crippen LogP contribution in [0.2, 0.25) is 10.0 Å². The molecular formula is C25H26Cl2N2O3S. The molecule has 0 saturated carbocycles. The first-order valence-corrected chi connectivity index (χ1v) is 13.1. The van der Waals surface area contributed by atoms with Crippen molar-refractivity contribution in [2.75, 3.05) is 17.1 Å². The molecular weight excluding hydrogens is 479 g/mol. The Kier molecular flexibility index (Phi) is 8.40. The van der Waals surface area contributed by atoms with Crippen LogP contribution in [0.5, 0.6) is 0 Å². The Morgan fingerprint density at radius 3 is 2.33 bits per heavy atom. The maximum atomic E-state index is 12.9. The highest BCUT2D eigenvalue weighted by Gasteiger charge is 2.22. The van der Waals surface area contributed by atoms with Crippen molar-refractivity contribution < 1.29 is 13.2 Å². The predicted octanol–water partition coefficient (Wildman–Crippen LogP) is 5.75. The number of rotatable bonds is 9. The second-order valence-corrected chi connectivity index (χ2v) is 10.6. The normalized spacial score (nSPS) is 12.2. The third-order valence-electron chi connectivity index (χ3n) is 5.28. The fourth-order valence-electron chi connectivity index (χ4n) is 3.66. The summed E-state index contributed by atoms with van der Waals surface area (Å²) >= 11 is 12.3. The zero-order valence-electron chi connectivity index (χ0n) is 18.5. The summed E-state index contributed by atoms with van der Waals surface area (Å²) in [4.78, 5) is 12.9. The first kappa shape index (κ1) is 25.1. The fourth-order valence-corrected chi connectivity index (χ4v) is 5.06. The van der Waals surface area contributed by atoms with Crippen LogP contribution in [0.1, 0.15) is 35.6 Å². The summed E-state index contributed by atoms with van der Waals surface area (Å²) in [6.07, 6.45) is 1.57. The summed E-state index contributed by atoms with van der Waals surface area (Å²) in [5, 5.41) is 3.76. The van der Waals surface area contributed by atoms with Gasteiger partial charge in [-0.25, -0.2) is 8.42 Å². The molecule has 0 aliphatic rings. The molecule has 0 heterocycles. The van der Waals surface area contributed by atoms with Crippen LogP contribution in [0.4, 0.5) is 5.69 Å². The van der Waals surface area contributed by atoms with Crippen LogP contribution < -0.4 is 9.62 Å². The second kappa shape index (κ2) is 11.1. The summed E-state index contributed by atoms with van der Waals surface area (Å²) in [7, 11) is -3.61. The van der Waals surface area contributed by atoms with Crippen LogP contribution in [0.25, 0.3) is 0 Å². The maximum absolute atomic E-state index is 12.9. The second-order valence-electron chi connectivity index (χ2n) is 7.80. The Labute approximate surface area is 205 Å². The van der Waals surface area contributed by atoms with Crippen LogP contribution in [0.3, 0.4) is 0 Å². The van der Waals surface area contributed by atoms with Crippen LogP contribution in [-0.4, -0.2) is 27.1 Å². The summed E-state index contributed by atoms with van der Waals surface area (Å²) in [6, 6.07) is 22.0. The molecule has 0 aliphatic heterocycles. The Bertz CT molecular complexity index is 1220. The maximum Gasteiger partial charge on any atom is 0.232 e. The van der Waals surface area contributed by atoms with Gasteiger partial charge in [0.15, 0.2) is 0 Å². The number of halogens is 2. The number of hydrogen-bond acceptors (Lipinski definition) is 3. The van der Waals surface area contributed by atoms with Gasteiger partial charge in [-0.05, 0) is 48.2 Å². The van der Waals surface area contributed by atoms with E-state index < -0.39 is 10.0 Å². The van der Waals surface area contributed by atoms with Crippen LogP contribution >= 0.6 is 23.2 Å². The minimum atomic E-state index is -3.61. The van der Waals surface area contributed by atoms with E-state index in [-0.39, 0.29) is 29.9 Å². The quantitative estimate of drug-likeness (QED) is 0.403. The number of sulfonamides is 1. The summed E-state index contributed by atoms with van der Waals surface area (Å²) < 4.78 is 25.9. The number of amides is 1. The molecule has 33 heavy (non-hydrogen) atoms. The molecule has 1 amide bonds. The molecule has 0 bridgehead atoms. The van der Waals surface area contributed by atoms with Crippen molar-refractivity contribution >= 4 is 44.8 Å². The van der Waals surface area contributed by atoms with E-state index in [1.165, 1.54) is 10.4 Å². The van der Waals surface area contributed by atoms with E-state index in [0.717, 1.165) is 22.9 Å². The van der Waals surface area contributed by atoms with E-state index >= 15 is 0 Å². The van der Waals surface area contributed by atoms with Crippen molar-refractivity contribution in [2.24, 2.45) is 0 Å². The number of carbonyl (C=O) groups is 1. The Balaban J connectivity index is 1.73. The lowest BCUT2D eigenvalue weighted by Crippen LogP contribution is -2.33. The van der Waals surface area contributed by atoms with Gasteiger partial charge in [-0.2, -0.15) is 0 Å². The molecule has 0 spiro atoms. The average Bonchev–Trinajstić information content (AvgIpc) is 2.77. The van der Waals surface area contributed by atoms with Crippen molar-refractivity contribution in [3.63, 3.8) is 0 Å². The molecule has 3 aromatic rings. The van der Waals surface area contributed by atoms with Gasteiger partial charge in [0.25, 0.3) is 0 Å². The number of benzene rings is 3. The van der Waals surface area contributed by atoms with Gasteiger partial charge in [-0.1, -0.05) is 77.8 Å². The molecule has 8 heteroatoms. The largest absolute Gasteiger partial charge is 0.345 e. The minimum absolute atomic E-state index is 0.104. The molecule has 0 aromatic heterocycles. The monoisotopic (exact) mass is 504 g/mol. The van der Waals surface area contributed by atoms with Gasteiger partial charge in [0.1, 0.15) is 0 Å². The highest BCUT2D eigenvalue weighted by molar-refractivity contribution is 7.92. The molecule has 0 fully saturated rings. The highest BCUT2D eigenvalue weighted by atomic mass is 35.5. The van der Waals surface area contributed by atoms with E-state index in [1.807, 2.05) is 61.5 Å². The topological polar surface area (TPSA) is 66.5 Å². The zero-order chi connectivity index (χ0) is 24.0. The Morgan fingerprint density at radius 1 is 1.00 bits per heavy atom. The fraction of sp³-hybridized carbons (Fsp3) is 0.240. The van der Waals surface area contributed by atoms with E-state index in [0.29, 0.717) is 17.1 Å². The third kappa shape index (κ3) is 6.73. The standard InChI is InChI=1S/C25H26Cl2N2O3S/c1-18-9-6-7-12-21(18)25(19-10-4-3-5-11-19)28-24(30)13-8-16-29(33(2,31)32)23-17-20(26)14-15-22(23)27/h3-7,9-12,14-15,17,25H,8,13,16H2,1-2H3,(H,28,30)/t25-/m1/s1. The molecule has 3 aromatic carbocycles. The van der Waals surface area contributed by atoms with E-state index in [9.17, 15) is 13.2 Å². The first-order valence-electron chi connectivity index (χ1n) is 10.5. The minimum Gasteiger partial charge on any atom is -0.345 e. The molecule has 0 unspecified atom stereocenters. The molecule has 1 N–H and O–H groups in total. The van der Waals surface area contributed by atoms with Gasteiger partial charge in [0.2, 0.25) is 15.9 Å². The van der Waals surface area contributed by atoms with Crippen molar-refractivity contribution in [1.82, 2.24) is 5.32 Å². The van der Waals surface area contributed by atoms with Crippen LogP contribution in [0.15, 0.2) is 72.8 Å². The van der Waals surface area contributed by atoms with Crippen LogP contribution in [-0.2, 0) is 14.8 Å². The third-order valence-corrected chi connectivity index (χ3v) is 7.01. The van der Waals surface area contributed by atoms with Gasteiger partial charge in [-0.3, -0.25) is 9.10 Å². The number of carbonyl (C=O) groups excluding carboxylic acids is 1. The Hall–Kier alpha value is -2.54. The van der Waals surface area contributed by atoms with Crippen LogP contribution in [0, 0.1) is 6.92 Å². The summed E-state index contributed by atoms with van der Waals surface area (Å²) in [6.45, 7) is 2.11. The van der Waals surface area contributed by atoms with Crippen molar-refractivity contribution in [3.05, 3.63) is 99.5 Å². The van der Waals surface area contributed by atoms with Crippen molar-refractivity contribution in [2.45, 2.75) is 25.8 Å². The van der Waals surface area contributed by atoms with Gasteiger partial charge < -0.3 is 5.32 Å². The number of anilines is 1. The highest BCUT2D eigenvalue weighted by Crippen LogP contribution is 2.31. The van der Waals surface area contributed by atoms with Gasteiger partial charge in [-0.15, -0.1) is 0 Å². The van der Waals surface area contributed by atoms with Crippen molar-refractivity contribution in [1.29, 1.82) is 0 Å². The van der Waals surface area contributed by atoms with Crippen molar-refractivity contribution in [3.8, 4) is 0 Å². The molecule has 3 rings (SSSR count). The number of nitrogens with zero attached hydrogens (tertiary/aromatic N) is 1. The van der Waals surface area contributed by atoms with Gasteiger partial charge in [0, 0.05) is 18.0 Å². The summed E-state index contributed by atoms with van der Waals surface area (Å²) in [5.74, 6) is -0.169. The van der Waals surface area contributed by atoms with E-state index in [2.05, 4.69) is 5.32 Å². The summed E-state index contributed by atoms with van der Waals surface area (Å²) in [5.41, 5.74) is 3.36. The SMILES string of the molecule is Cc1ccccc1[C@H](NC(=O)CCCN(c1cc(Cl)ccc1Cl)S(C)(=O)=O)c1ccccc1. The lowest BCUT2D eigenvalue weighted by Gasteiger charge is -2.24. The predicted molar refractivity (Wildman–Crippen MR) is 135 cm³/mol. The molecule has 174 valence electrons. The van der Waals surface area contributed by atoms with Gasteiger partial charge in [0.05, 0.1) is 23.0 Å². The molecule has 0 aliphatic carbocycles. The zero-order valence-corrected chi connectivity index (χ0v) is 20.8. The Morgan fingerprint density at radius 2 is 1.67 bits per heavy atom. The number of hydrogen-bond donors (Lipinski definition) is 1. The number of nitrogens with one attached hydrogen (secondary N) is 1. The van der Waals surface area contributed by atoms with E-state index in [1.54, 1.807) is 12.1 Å².